The molecule has 0 aliphatic heterocycles. The van der Waals surface area contributed by atoms with Gasteiger partial charge in [-0.2, -0.15) is 0 Å². The van der Waals surface area contributed by atoms with Crippen LogP contribution < -0.4 is 11.1 Å². The number of ether oxygens (including phenoxy) is 1. The average Bonchev–Trinajstić information content (AvgIpc) is 2.34. The Bertz CT molecular complexity index is 482. The zero-order chi connectivity index (χ0) is 14.0. The van der Waals surface area contributed by atoms with Gasteiger partial charge in [0.2, 0.25) is 0 Å². The molecule has 4 nitrogen and oxygen atoms in total. The molecule has 0 radical (unpaired) electrons. The number of hydrogen-bond donors (Lipinski definition) is 2. The number of benzene rings is 1. The van der Waals surface area contributed by atoms with E-state index in [0.717, 1.165) is 12.1 Å². The number of aliphatic imine (C=N–C) groups is 1. The van der Waals surface area contributed by atoms with Crippen LogP contribution in [0.3, 0.4) is 0 Å². The van der Waals surface area contributed by atoms with Crippen LogP contribution in [-0.4, -0.2) is 25.2 Å². The van der Waals surface area contributed by atoms with Crippen molar-refractivity contribution in [1.82, 2.24) is 0 Å². The van der Waals surface area contributed by atoms with Gasteiger partial charge in [0.25, 0.3) is 0 Å². The van der Waals surface area contributed by atoms with E-state index in [9.17, 15) is 0 Å². The summed E-state index contributed by atoms with van der Waals surface area (Å²) in [4.78, 5) is 4.56. The molecule has 104 valence electrons. The predicted octanol–water partition coefficient (Wildman–Crippen LogP) is 2.54. The summed E-state index contributed by atoms with van der Waals surface area (Å²) in [5.74, 6) is 0.471. The molecular weight excluding hydrogens is 238 g/mol. The molecule has 1 fully saturated rings. The second kappa shape index (κ2) is 5.21. The van der Waals surface area contributed by atoms with Crippen LogP contribution in [0.1, 0.15) is 25.8 Å². The molecule has 1 saturated carbocycles. The van der Waals surface area contributed by atoms with Gasteiger partial charge in [-0.3, -0.25) is 0 Å². The number of nitrogens with two attached hydrogens (primary N) is 1. The van der Waals surface area contributed by atoms with Crippen molar-refractivity contribution in [3.05, 3.63) is 29.8 Å². The van der Waals surface area contributed by atoms with E-state index < -0.39 is 0 Å². The van der Waals surface area contributed by atoms with Crippen molar-refractivity contribution in [2.75, 3.05) is 12.4 Å². The molecule has 2 rings (SSSR count). The lowest BCUT2D eigenvalue weighted by Gasteiger charge is -2.48. The third-order valence-electron chi connectivity index (χ3n) is 4.00. The SMILES string of the molecule is COC1CC(N=C(N)Nc2cccc(C)c2)C1(C)C. The summed E-state index contributed by atoms with van der Waals surface area (Å²) in [5, 5.41) is 3.14. The van der Waals surface area contributed by atoms with E-state index in [4.69, 9.17) is 10.5 Å². The van der Waals surface area contributed by atoms with Gasteiger partial charge in [0.1, 0.15) is 0 Å². The summed E-state index contributed by atoms with van der Waals surface area (Å²) in [6.45, 7) is 6.38. The molecule has 1 aromatic carbocycles. The normalized spacial score (nSPS) is 25.8. The Hall–Kier alpha value is -1.55. The van der Waals surface area contributed by atoms with Crippen LogP contribution in [0.4, 0.5) is 5.69 Å². The number of aryl methyl sites for hydroxylation is 1. The maximum atomic E-state index is 5.97. The fourth-order valence-electron chi connectivity index (χ4n) is 2.55. The van der Waals surface area contributed by atoms with Crippen molar-refractivity contribution in [2.45, 2.75) is 39.3 Å². The number of nitrogens with one attached hydrogen (secondary N) is 1. The topological polar surface area (TPSA) is 59.6 Å². The second-order valence-electron chi connectivity index (χ2n) is 5.81. The molecule has 2 atom stereocenters. The highest BCUT2D eigenvalue weighted by Crippen LogP contribution is 2.44. The molecule has 0 bridgehead atoms. The van der Waals surface area contributed by atoms with E-state index in [1.54, 1.807) is 7.11 Å². The van der Waals surface area contributed by atoms with Crippen LogP contribution >= 0.6 is 0 Å². The van der Waals surface area contributed by atoms with Gasteiger partial charge in [-0.15, -0.1) is 0 Å². The fraction of sp³-hybridized carbons (Fsp3) is 0.533. The van der Waals surface area contributed by atoms with Gasteiger partial charge in [0.05, 0.1) is 12.1 Å². The largest absolute Gasteiger partial charge is 0.381 e. The lowest BCUT2D eigenvalue weighted by atomic mass is 9.65. The summed E-state index contributed by atoms with van der Waals surface area (Å²) in [5.41, 5.74) is 8.19. The summed E-state index contributed by atoms with van der Waals surface area (Å²) >= 11 is 0. The van der Waals surface area contributed by atoms with Crippen molar-refractivity contribution in [2.24, 2.45) is 16.1 Å². The minimum atomic E-state index is 0.0493. The molecule has 0 saturated heterocycles. The lowest BCUT2D eigenvalue weighted by molar-refractivity contribution is -0.0850. The molecule has 0 aromatic heterocycles. The highest BCUT2D eigenvalue weighted by molar-refractivity contribution is 5.92. The monoisotopic (exact) mass is 261 g/mol. The van der Waals surface area contributed by atoms with Gasteiger partial charge < -0.3 is 15.8 Å². The van der Waals surface area contributed by atoms with Crippen molar-refractivity contribution < 1.29 is 4.74 Å². The molecule has 3 N–H and O–H groups in total. The number of guanidine groups is 1. The standard InChI is InChI=1S/C15H23N3O/c1-10-6-5-7-11(8-10)17-14(16)18-12-9-13(19-4)15(12,2)3/h5-8,12-13H,9H2,1-4H3,(H3,16,17,18). The Kier molecular flexibility index (Phi) is 3.80. The number of nitrogens with zero attached hydrogens (tertiary/aromatic N) is 1. The van der Waals surface area contributed by atoms with E-state index in [2.05, 4.69) is 37.1 Å². The van der Waals surface area contributed by atoms with Crippen LogP contribution in [0.15, 0.2) is 29.3 Å². The lowest BCUT2D eigenvalue weighted by Crippen LogP contribution is -2.54. The smallest absolute Gasteiger partial charge is 0.193 e. The van der Waals surface area contributed by atoms with Crippen LogP contribution in [-0.2, 0) is 4.74 Å². The third-order valence-corrected chi connectivity index (χ3v) is 4.00. The molecule has 2 unspecified atom stereocenters. The fourth-order valence-corrected chi connectivity index (χ4v) is 2.55. The Morgan fingerprint density at radius 3 is 2.79 bits per heavy atom. The second-order valence-corrected chi connectivity index (χ2v) is 5.81. The van der Waals surface area contributed by atoms with E-state index >= 15 is 0 Å². The van der Waals surface area contributed by atoms with Crippen LogP contribution in [0.5, 0.6) is 0 Å². The van der Waals surface area contributed by atoms with E-state index in [1.807, 2.05) is 18.2 Å². The first-order valence-electron chi connectivity index (χ1n) is 6.63. The minimum Gasteiger partial charge on any atom is -0.381 e. The molecule has 0 spiro atoms. The van der Waals surface area contributed by atoms with E-state index in [-0.39, 0.29) is 17.6 Å². The zero-order valence-corrected chi connectivity index (χ0v) is 12.1. The molecule has 0 amide bonds. The van der Waals surface area contributed by atoms with E-state index in [0.29, 0.717) is 5.96 Å². The summed E-state index contributed by atoms with van der Waals surface area (Å²) in [6, 6.07) is 8.30. The Morgan fingerprint density at radius 1 is 1.47 bits per heavy atom. The Balaban J connectivity index is 2.01. The van der Waals surface area contributed by atoms with Gasteiger partial charge in [0.15, 0.2) is 5.96 Å². The van der Waals surface area contributed by atoms with Crippen molar-refractivity contribution >= 4 is 11.6 Å². The van der Waals surface area contributed by atoms with Gasteiger partial charge in [-0.1, -0.05) is 26.0 Å². The third kappa shape index (κ3) is 2.89. The van der Waals surface area contributed by atoms with Crippen LogP contribution in [0, 0.1) is 12.3 Å². The number of anilines is 1. The quantitative estimate of drug-likeness (QED) is 0.649. The minimum absolute atomic E-state index is 0.0493. The van der Waals surface area contributed by atoms with Gasteiger partial charge in [-0.05, 0) is 31.0 Å². The Labute approximate surface area is 115 Å². The van der Waals surface area contributed by atoms with Crippen molar-refractivity contribution in [3.8, 4) is 0 Å². The zero-order valence-electron chi connectivity index (χ0n) is 12.1. The molecule has 1 aromatic rings. The van der Waals surface area contributed by atoms with E-state index in [1.165, 1.54) is 5.56 Å². The maximum Gasteiger partial charge on any atom is 0.193 e. The maximum absolute atomic E-state index is 5.97. The van der Waals surface area contributed by atoms with Crippen molar-refractivity contribution in [3.63, 3.8) is 0 Å². The molecular formula is C15H23N3O. The van der Waals surface area contributed by atoms with Crippen LogP contribution in [0.2, 0.25) is 0 Å². The number of rotatable bonds is 3. The highest BCUT2D eigenvalue weighted by Gasteiger charge is 2.48. The molecule has 19 heavy (non-hydrogen) atoms. The van der Waals surface area contributed by atoms with Gasteiger partial charge in [0, 0.05) is 18.2 Å². The Morgan fingerprint density at radius 2 is 2.21 bits per heavy atom. The van der Waals surface area contributed by atoms with Crippen molar-refractivity contribution in [1.29, 1.82) is 0 Å². The molecule has 1 aliphatic rings. The highest BCUT2D eigenvalue weighted by atomic mass is 16.5. The van der Waals surface area contributed by atoms with Gasteiger partial charge >= 0.3 is 0 Å². The first-order valence-corrected chi connectivity index (χ1v) is 6.63. The number of hydrogen-bond acceptors (Lipinski definition) is 2. The first kappa shape index (κ1) is 13.9. The summed E-state index contributed by atoms with van der Waals surface area (Å²) in [6.07, 6.45) is 1.20. The summed E-state index contributed by atoms with van der Waals surface area (Å²) in [7, 11) is 1.75. The molecule has 0 heterocycles. The summed E-state index contributed by atoms with van der Waals surface area (Å²) < 4.78 is 5.42. The average molecular weight is 261 g/mol. The first-order chi connectivity index (χ1) is 8.93. The molecule has 1 aliphatic carbocycles. The predicted molar refractivity (Wildman–Crippen MR) is 79.4 cm³/mol. The molecule has 4 heteroatoms. The number of methoxy groups -OCH3 is 1. The van der Waals surface area contributed by atoms with Crippen LogP contribution in [0.25, 0.3) is 0 Å². The van der Waals surface area contributed by atoms with Gasteiger partial charge in [-0.25, -0.2) is 4.99 Å².